The number of carboxylic acids is 1. The molecule has 0 aliphatic heterocycles. The first-order valence-corrected chi connectivity index (χ1v) is 11.2. The summed E-state index contributed by atoms with van der Waals surface area (Å²) in [6.07, 6.45) is -1.47. The van der Waals surface area contributed by atoms with E-state index in [1.165, 1.54) is 18.3 Å². The lowest BCUT2D eigenvalue weighted by Gasteiger charge is -2.44. The number of benzene rings is 1. The molecule has 0 radical (unpaired) electrons. The fraction of sp³-hybridized carbons (Fsp3) is 0.360. The van der Waals surface area contributed by atoms with Crippen molar-refractivity contribution < 1.29 is 32.6 Å². The molecular weight excluding hydrogens is 480 g/mol. The highest BCUT2D eigenvalue weighted by atomic mass is 19.4. The Labute approximate surface area is 204 Å². The number of carbonyl (C=O) groups is 1. The standard InChI is InChI=1S/C25H24F4N4O3/c1-23(2)13-24(36,7-5-18(23)21(34)35)19-4-3-14(12-31-19)15-9-16(26)11-17(10-15)32-22-30-8-6-20(33-22)25(27,28)29/h3-4,6,8-12,18,36H,5,7,13H2,1-2H3,(H,34,35)(H,30,32,33)/t18-,24-/m1/s1. The average Bonchev–Trinajstić information content (AvgIpc) is 2.77. The van der Waals surface area contributed by atoms with Crippen LogP contribution in [0.1, 0.15) is 44.5 Å². The van der Waals surface area contributed by atoms with E-state index >= 15 is 0 Å². The van der Waals surface area contributed by atoms with Crippen LogP contribution in [0.15, 0.2) is 48.8 Å². The lowest BCUT2D eigenvalue weighted by atomic mass is 9.62. The lowest BCUT2D eigenvalue weighted by molar-refractivity contribution is -0.154. The van der Waals surface area contributed by atoms with Crippen molar-refractivity contribution in [3.8, 4) is 11.1 Å². The number of anilines is 2. The first-order valence-electron chi connectivity index (χ1n) is 11.2. The van der Waals surface area contributed by atoms with Crippen molar-refractivity contribution in [3.63, 3.8) is 0 Å². The summed E-state index contributed by atoms with van der Waals surface area (Å²) in [7, 11) is 0. The Morgan fingerprint density at radius 1 is 1.11 bits per heavy atom. The summed E-state index contributed by atoms with van der Waals surface area (Å²) in [5.41, 5.74) is -1.65. The Balaban J connectivity index is 1.57. The first-order chi connectivity index (χ1) is 16.8. The normalized spacial score (nSPS) is 21.7. The van der Waals surface area contributed by atoms with Crippen molar-refractivity contribution in [2.75, 3.05) is 5.32 Å². The van der Waals surface area contributed by atoms with Gasteiger partial charge in [-0.3, -0.25) is 9.78 Å². The molecule has 190 valence electrons. The van der Waals surface area contributed by atoms with Crippen molar-refractivity contribution in [2.45, 2.75) is 44.9 Å². The Bertz CT molecular complexity index is 1280. The van der Waals surface area contributed by atoms with Crippen LogP contribution in [-0.4, -0.2) is 31.1 Å². The van der Waals surface area contributed by atoms with Crippen LogP contribution in [-0.2, 0) is 16.6 Å². The van der Waals surface area contributed by atoms with Gasteiger partial charge < -0.3 is 15.5 Å². The van der Waals surface area contributed by atoms with Crippen LogP contribution in [0.5, 0.6) is 0 Å². The zero-order valence-electron chi connectivity index (χ0n) is 19.5. The number of aliphatic hydroxyl groups is 1. The number of hydrogen-bond acceptors (Lipinski definition) is 6. The molecule has 2 heterocycles. The van der Waals surface area contributed by atoms with Gasteiger partial charge in [-0.2, -0.15) is 13.2 Å². The van der Waals surface area contributed by atoms with Gasteiger partial charge in [-0.15, -0.1) is 0 Å². The number of nitrogens with one attached hydrogen (secondary N) is 1. The molecule has 1 aromatic carbocycles. The minimum absolute atomic E-state index is 0.140. The van der Waals surface area contributed by atoms with Crippen molar-refractivity contribution >= 4 is 17.6 Å². The van der Waals surface area contributed by atoms with E-state index in [1.807, 2.05) is 0 Å². The van der Waals surface area contributed by atoms with E-state index in [0.717, 1.165) is 18.3 Å². The molecule has 0 bridgehead atoms. The SMILES string of the molecule is CC1(C)C[C@@](O)(c2ccc(-c3cc(F)cc(Nc4nccc(C(F)(F)F)n4)c3)cn2)CC[C@@H]1C(=O)O. The maximum Gasteiger partial charge on any atom is 0.433 e. The van der Waals surface area contributed by atoms with Gasteiger partial charge in [0.05, 0.1) is 11.6 Å². The molecule has 2 atom stereocenters. The maximum absolute atomic E-state index is 14.3. The molecule has 1 aliphatic carbocycles. The fourth-order valence-electron chi connectivity index (χ4n) is 4.79. The van der Waals surface area contributed by atoms with E-state index in [4.69, 9.17) is 0 Å². The number of hydrogen-bond donors (Lipinski definition) is 3. The number of aromatic nitrogens is 3. The van der Waals surface area contributed by atoms with Crippen LogP contribution in [0.4, 0.5) is 29.2 Å². The van der Waals surface area contributed by atoms with Gasteiger partial charge in [0.15, 0.2) is 0 Å². The molecule has 3 aromatic rings. The first kappa shape index (κ1) is 25.5. The topological polar surface area (TPSA) is 108 Å². The third kappa shape index (κ3) is 5.30. The van der Waals surface area contributed by atoms with Crippen LogP contribution in [0.3, 0.4) is 0 Å². The molecular formula is C25H24F4N4O3. The second-order valence-corrected chi connectivity index (χ2v) is 9.68. The van der Waals surface area contributed by atoms with Gasteiger partial charge in [-0.05, 0) is 60.6 Å². The third-order valence-corrected chi connectivity index (χ3v) is 6.51. The van der Waals surface area contributed by atoms with E-state index < -0.39 is 40.6 Å². The largest absolute Gasteiger partial charge is 0.481 e. The molecule has 2 aromatic heterocycles. The number of halogens is 4. The van der Waals surface area contributed by atoms with Crippen LogP contribution in [0.25, 0.3) is 11.1 Å². The van der Waals surface area contributed by atoms with Gasteiger partial charge in [0.25, 0.3) is 0 Å². The Kier molecular flexibility index (Phi) is 6.46. The Morgan fingerprint density at radius 2 is 1.86 bits per heavy atom. The zero-order valence-corrected chi connectivity index (χ0v) is 19.5. The summed E-state index contributed by atoms with van der Waals surface area (Å²) >= 11 is 0. The average molecular weight is 504 g/mol. The maximum atomic E-state index is 14.3. The molecule has 0 amide bonds. The number of carboxylic acid groups (broad SMARTS) is 1. The quantitative estimate of drug-likeness (QED) is 0.392. The van der Waals surface area contributed by atoms with Gasteiger partial charge in [0.1, 0.15) is 17.1 Å². The highest BCUT2D eigenvalue weighted by Crippen LogP contribution is 2.49. The minimum Gasteiger partial charge on any atom is -0.481 e. The minimum atomic E-state index is -4.65. The monoisotopic (exact) mass is 504 g/mol. The molecule has 0 spiro atoms. The van der Waals surface area contributed by atoms with Gasteiger partial charge in [-0.25, -0.2) is 14.4 Å². The number of aliphatic carboxylic acids is 1. The van der Waals surface area contributed by atoms with Crippen LogP contribution >= 0.6 is 0 Å². The molecule has 1 saturated carbocycles. The molecule has 0 unspecified atom stereocenters. The molecule has 11 heteroatoms. The fourth-order valence-corrected chi connectivity index (χ4v) is 4.79. The van der Waals surface area contributed by atoms with Gasteiger partial charge in [0, 0.05) is 23.6 Å². The number of nitrogens with zero attached hydrogens (tertiary/aromatic N) is 3. The molecule has 3 N–H and O–H groups in total. The van der Waals surface area contributed by atoms with Crippen LogP contribution in [0.2, 0.25) is 0 Å². The molecule has 7 nitrogen and oxygen atoms in total. The molecule has 36 heavy (non-hydrogen) atoms. The highest BCUT2D eigenvalue weighted by molar-refractivity contribution is 5.71. The van der Waals surface area contributed by atoms with Gasteiger partial charge in [0.2, 0.25) is 5.95 Å². The predicted molar refractivity (Wildman–Crippen MR) is 123 cm³/mol. The van der Waals surface area contributed by atoms with Crippen molar-refractivity contribution in [1.29, 1.82) is 0 Å². The molecule has 4 rings (SSSR count). The third-order valence-electron chi connectivity index (χ3n) is 6.51. The van der Waals surface area contributed by atoms with Crippen molar-refractivity contribution in [2.24, 2.45) is 11.3 Å². The van der Waals surface area contributed by atoms with Crippen molar-refractivity contribution in [1.82, 2.24) is 15.0 Å². The Morgan fingerprint density at radius 3 is 2.47 bits per heavy atom. The highest BCUT2D eigenvalue weighted by Gasteiger charge is 2.48. The summed E-state index contributed by atoms with van der Waals surface area (Å²) in [5, 5.41) is 23.3. The number of pyridine rings is 1. The number of alkyl halides is 3. The van der Waals surface area contributed by atoms with Crippen LogP contribution in [0, 0.1) is 17.2 Å². The van der Waals surface area contributed by atoms with Gasteiger partial charge in [-0.1, -0.05) is 19.9 Å². The summed E-state index contributed by atoms with van der Waals surface area (Å²) < 4.78 is 53.1. The summed E-state index contributed by atoms with van der Waals surface area (Å²) in [5.74, 6) is -2.44. The van der Waals surface area contributed by atoms with E-state index in [-0.39, 0.29) is 24.5 Å². The zero-order chi connectivity index (χ0) is 26.3. The Hall–Kier alpha value is -3.60. The van der Waals surface area contributed by atoms with E-state index in [2.05, 4.69) is 20.3 Å². The molecule has 1 aliphatic rings. The van der Waals surface area contributed by atoms with E-state index in [0.29, 0.717) is 23.2 Å². The summed E-state index contributed by atoms with van der Waals surface area (Å²) in [6, 6.07) is 7.85. The second-order valence-electron chi connectivity index (χ2n) is 9.68. The molecule has 1 fully saturated rings. The van der Waals surface area contributed by atoms with E-state index in [9.17, 15) is 32.6 Å². The van der Waals surface area contributed by atoms with E-state index in [1.54, 1.807) is 26.0 Å². The van der Waals surface area contributed by atoms with Crippen molar-refractivity contribution in [3.05, 3.63) is 66.0 Å². The second kappa shape index (κ2) is 9.12. The summed E-state index contributed by atoms with van der Waals surface area (Å²) in [6.45, 7) is 3.61. The predicted octanol–water partition coefficient (Wildman–Crippen LogP) is 5.54. The smallest absolute Gasteiger partial charge is 0.433 e. The van der Waals surface area contributed by atoms with Crippen LogP contribution < -0.4 is 5.32 Å². The number of rotatable bonds is 5. The summed E-state index contributed by atoms with van der Waals surface area (Å²) in [4.78, 5) is 23.1. The van der Waals surface area contributed by atoms with Gasteiger partial charge >= 0.3 is 12.1 Å². The lowest BCUT2D eigenvalue weighted by Crippen LogP contribution is -2.45. The molecule has 0 saturated heterocycles.